The molecule has 1 fully saturated rings. The molecule has 0 aromatic carbocycles. The highest BCUT2D eigenvalue weighted by atomic mass is 16.5. The zero-order chi connectivity index (χ0) is 12.6. The van der Waals surface area contributed by atoms with Crippen molar-refractivity contribution < 1.29 is 4.74 Å². The van der Waals surface area contributed by atoms with Gasteiger partial charge in [0.2, 0.25) is 0 Å². The minimum absolute atomic E-state index is 0.587. The number of aromatic nitrogens is 1. The molecular weight excluding hydrogens is 224 g/mol. The van der Waals surface area contributed by atoms with E-state index in [0.717, 1.165) is 26.2 Å². The maximum absolute atomic E-state index is 5.61. The molecule has 0 saturated carbocycles. The molecule has 0 bridgehead atoms. The fourth-order valence-electron chi connectivity index (χ4n) is 2.72. The smallest absolute Gasteiger partial charge is 0.0509 e. The third kappa shape index (κ3) is 4.07. The van der Waals surface area contributed by atoms with Gasteiger partial charge in [-0.1, -0.05) is 6.92 Å². The predicted octanol–water partition coefficient (Wildman–Crippen LogP) is 2.42. The Morgan fingerprint density at radius 2 is 2.28 bits per heavy atom. The standard InChI is InChI=1S/C15H24N2O/c1-2-17-15(14-4-3-11-18-12-14)6-5-13-7-9-16-10-8-13/h7-10,14-15,17H,2-6,11-12H2,1H3. The normalized spacial score (nSPS) is 21.7. The molecule has 3 heteroatoms. The summed E-state index contributed by atoms with van der Waals surface area (Å²) >= 11 is 0. The molecular formula is C15H24N2O. The molecule has 3 nitrogen and oxygen atoms in total. The van der Waals surface area contributed by atoms with E-state index >= 15 is 0 Å². The van der Waals surface area contributed by atoms with Gasteiger partial charge >= 0.3 is 0 Å². The predicted molar refractivity (Wildman–Crippen MR) is 73.6 cm³/mol. The van der Waals surface area contributed by atoms with E-state index in [4.69, 9.17) is 4.74 Å². The van der Waals surface area contributed by atoms with Gasteiger partial charge in [0.05, 0.1) is 6.61 Å². The van der Waals surface area contributed by atoms with E-state index in [0.29, 0.717) is 12.0 Å². The summed E-state index contributed by atoms with van der Waals surface area (Å²) in [4.78, 5) is 4.06. The van der Waals surface area contributed by atoms with E-state index in [1.807, 2.05) is 12.4 Å². The van der Waals surface area contributed by atoms with Crippen LogP contribution in [0.1, 0.15) is 31.7 Å². The average Bonchev–Trinajstić information content (AvgIpc) is 2.45. The van der Waals surface area contributed by atoms with Crippen LogP contribution in [0.3, 0.4) is 0 Å². The molecule has 0 radical (unpaired) electrons. The summed E-state index contributed by atoms with van der Waals surface area (Å²) in [6, 6.07) is 4.81. The molecule has 18 heavy (non-hydrogen) atoms. The Morgan fingerprint density at radius 1 is 1.44 bits per heavy atom. The van der Waals surface area contributed by atoms with Crippen LogP contribution in [-0.4, -0.2) is 30.8 Å². The monoisotopic (exact) mass is 248 g/mol. The molecule has 2 unspecified atom stereocenters. The SMILES string of the molecule is CCNC(CCc1ccncc1)C1CCCOC1. The largest absolute Gasteiger partial charge is 0.381 e. The van der Waals surface area contributed by atoms with Crippen LogP contribution >= 0.6 is 0 Å². The number of hydrogen-bond donors (Lipinski definition) is 1. The number of pyridine rings is 1. The van der Waals surface area contributed by atoms with Crippen LogP contribution in [0.2, 0.25) is 0 Å². The lowest BCUT2D eigenvalue weighted by Gasteiger charge is -2.31. The van der Waals surface area contributed by atoms with Crippen LogP contribution in [0.15, 0.2) is 24.5 Å². The first-order valence-electron chi connectivity index (χ1n) is 7.10. The molecule has 1 aliphatic heterocycles. The molecule has 1 aliphatic rings. The van der Waals surface area contributed by atoms with Crippen LogP contribution in [0.4, 0.5) is 0 Å². The van der Waals surface area contributed by atoms with Gasteiger partial charge in [0, 0.05) is 25.0 Å². The summed E-state index contributed by atoms with van der Waals surface area (Å²) in [6.45, 7) is 5.09. The second-order valence-electron chi connectivity index (χ2n) is 5.04. The van der Waals surface area contributed by atoms with Gasteiger partial charge in [0.15, 0.2) is 0 Å². The Morgan fingerprint density at radius 3 is 2.94 bits per heavy atom. The van der Waals surface area contributed by atoms with Crippen molar-refractivity contribution in [2.45, 2.75) is 38.6 Å². The number of ether oxygens (including phenoxy) is 1. The number of rotatable bonds is 6. The Hall–Kier alpha value is -0.930. The first kappa shape index (κ1) is 13.5. The summed E-state index contributed by atoms with van der Waals surface area (Å²) in [7, 11) is 0. The van der Waals surface area contributed by atoms with Crippen molar-refractivity contribution in [3.8, 4) is 0 Å². The number of aryl methyl sites for hydroxylation is 1. The highest BCUT2D eigenvalue weighted by molar-refractivity contribution is 5.10. The van der Waals surface area contributed by atoms with E-state index in [-0.39, 0.29) is 0 Å². The molecule has 1 N–H and O–H groups in total. The molecule has 2 rings (SSSR count). The number of nitrogens with one attached hydrogen (secondary N) is 1. The van der Waals surface area contributed by atoms with E-state index in [2.05, 4.69) is 29.4 Å². The Labute approximate surface area is 110 Å². The van der Waals surface area contributed by atoms with Gasteiger partial charge in [-0.2, -0.15) is 0 Å². The first-order chi connectivity index (χ1) is 8.90. The fraction of sp³-hybridized carbons (Fsp3) is 0.667. The minimum atomic E-state index is 0.587. The Kier molecular flexibility index (Phi) is 5.62. The Balaban J connectivity index is 1.85. The van der Waals surface area contributed by atoms with Gasteiger partial charge in [0.25, 0.3) is 0 Å². The molecule has 100 valence electrons. The molecule has 0 spiro atoms. The van der Waals surface area contributed by atoms with Crippen LogP contribution in [0.25, 0.3) is 0 Å². The zero-order valence-corrected chi connectivity index (χ0v) is 11.3. The number of nitrogens with zero attached hydrogens (tertiary/aromatic N) is 1. The maximum atomic E-state index is 5.61. The van der Waals surface area contributed by atoms with Crippen molar-refractivity contribution in [2.24, 2.45) is 5.92 Å². The van der Waals surface area contributed by atoms with E-state index < -0.39 is 0 Å². The quantitative estimate of drug-likeness (QED) is 0.839. The van der Waals surface area contributed by atoms with Crippen molar-refractivity contribution in [1.82, 2.24) is 10.3 Å². The molecule has 2 atom stereocenters. The van der Waals surface area contributed by atoms with Crippen LogP contribution in [0, 0.1) is 5.92 Å². The summed E-state index contributed by atoms with van der Waals surface area (Å²) < 4.78 is 5.61. The molecule has 1 saturated heterocycles. The highest BCUT2D eigenvalue weighted by Crippen LogP contribution is 2.20. The van der Waals surface area contributed by atoms with Gasteiger partial charge in [-0.3, -0.25) is 4.98 Å². The van der Waals surface area contributed by atoms with Gasteiger partial charge in [0.1, 0.15) is 0 Å². The Bertz CT molecular complexity index is 323. The topological polar surface area (TPSA) is 34.2 Å². The summed E-state index contributed by atoms with van der Waals surface area (Å²) in [5.74, 6) is 0.681. The summed E-state index contributed by atoms with van der Waals surface area (Å²) in [5, 5.41) is 3.63. The van der Waals surface area contributed by atoms with Gasteiger partial charge in [-0.15, -0.1) is 0 Å². The highest BCUT2D eigenvalue weighted by Gasteiger charge is 2.23. The maximum Gasteiger partial charge on any atom is 0.0509 e. The van der Waals surface area contributed by atoms with Crippen molar-refractivity contribution in [2.75, 3.05) is 19.8 Å². The van der Waals surface area contributed by atoms with Gasteiger partial charge in [-0.25, -0.2) is 0 Å². The van der Waals surface area contributed by atoms with E-state index in [1.54, 1.807) is 0 Å². The second kappa shape index (κ2) is 7.49. The van der Waals surface area contributed by atoms with Crippen LogP contribution < -0.4 is 5.32 Å². The fourth-order valence-corrected chi connectivity index (χ4v) is 2.72. The lowest BCUT2D eigenvalue weighted by atomic mass is 9.89. The third-order valence-corrected chi connectivity index (χ3v) is 3.72. The van der Waals surface area contributed by atoms with E-state index in [9.17, 15) is 0 Å². The second-order valence-corrected chi connectivity index (χ2v) is 5.04. The van der Waals surface area contributed by atoms with Crippen LogP contribution in [-0.2, 0) is 11.2 Å². The van der Waals surface area contributed by atoms with Gasteiger partial charge in [-0.05, 0) is 55.8 Å². The van der Waals surface area contributed by atoms with Gasteiger partial charge < -0.3 is 10.1 Å². The molecule has 1 aromatic heterocycles. The minimum Gasteiger partial charge on any atom is -0.381 e. The molecule has 0 amide bonds. The van der Waals surface area contributed by atoms with Crippen molar-refractivity contribution in [3.63, 3.8) is 0 Å². The third-order valence-electron chi connectivity index (χ3n) is 3.72. The average molecular weight is 248 g/mol. The molecule has 0 aliphatic carbocycles. The first-order valence-corrected chi connectivity index (χ1v) is 7.10. The summed E-state index contributed by atoms with van der Waals surface area (Å²) in [6.07, 6.45) is 8.57. The number of hydrogen-bond acceptors (Lipinski definition) is 3. The van der Waals surface area contributed by atoms with Crippen molar-refractivity contribution >= 4 is 0 Å². The van der Waals surface area contributed by atoms with Crippen molar-refractivity contribution in [1.29, 1.82) is 0 Å². The molecule has 1 aromatic rings. The van der Waals surface area contributed by atoms with Crippen LogP contribution in [0.5, 0.6) is 0 Å². The summed E-state index contributed by atoms with van der Waals surface area (Å²) in [5.41, 5.74) is 1.38. The zero-order valence-electron chi connectivity index (χ0n) is 11.3. The lowest BCUT2D eigenvalue weighted by molar-refractivity contribution is 0.0382. The molecule has 2 heterocycles. The lowest BCUT2D eigenvalue weighted by Crippen LogP contribution is -2.40. The van der Waals surface area contributed by atoms with E-state index in [1.165, 1.54) is 24.8 Å². The van der Waals surface area contributed by atoms with Crippen molar-refractivity contribution in [3.05, 3.63) is 30.1 Å².